The molecule has 1 aliphatic rings. The van der Waals surface area contributed by atoms with Crippen LogP contribution in [0.2, 0.25) is 0 Å². The lowest BCUT2D eigenvalue weighted by molar-refractivity contribution is 0.105. The summed E-state index contributed by atoms with van der Waals surface area (Å²) in [4.78, 5) is 4.63. The second-order valence-electron chi connectivity index (χ2n) is 4.94. The first kappa shape index (κ1) is 12.4. The fourth-order valence-electron chi connectivity index (χ4n) is 2.20. The van der Waals surface area contributed by atoms with Gasteiger partial charge in [0, 0.05) is 11.1 Å². The second-order valence-corrected chi connectivity index (χ2v) is 6.88. The van der Waals surface area contributed by atoms with Crippen LogP contribution in [0.15, 0.2) is 22.7 Å². The van der Waals surface area contributed by atoms with E-state index in [9.17, 15) is 0 Å². The number of rotatable bonds is 2. The molecule has 3 rings (SSSR count). The minimum absolute atomic E-state index is 0.00882. The second kappa shape index (κ2) is 4.47. The quantitative estimate of drug-likeness (QED) is 0.904. The SMILES string of the molecule is CC1OCCC1(C)Nc1nc2ccc(Br)cc2s1. The summed E-state index contributed by atoms with van der Waals surface area (Å²) in [6.45, 7) is 5.14. The number of halogens is 1. The standard InChI is InChI=1S/C13H15BrN2OS/c1-8-13(2,5-6-17-8)16-12-15-10-4-3-9(14)7-11(10)18-12/h3-4,7-8H,5-6H2,1-2H3,(H,15,16). The van der Waals surface area contributed by atoms with Gasteiger partial charge in [-0.1, -0.05) is 27.3 Å². The van der Waals surface area contributed by atoms with E-state index in [1.807, 2.05) is 12.1 Å². The number of thiazole rings is 1. The van der Waals surface area contributed by atoms with Gasteiger partial charge in [0.25, 0.3) is 0 Å². The van der Waals surface area contributed by atoms with Crippen LogP contribution in [0, 0.1) is 0 Å². The maximum atomic E-state index is 5.64. The Morgan fingerprint density at radius 2 is 2.39 bits per heavy atom. The Labute approximate surface area is 119 Å². The average molecular weight is 327 g/mol. The van der Waals surface area contributed by atoms with Crippen LogP contribution in [0.25, 0.3) is 10.2 Å². The molecule has 2 heterocycles. The minimum atomic E-state index is -0.00882. The van der Waals surface area contributed by atoms with Crippen molar-refractivity contribution >= 4 is 42.6 Å². The van der Waals surface area contributed by atoms with E-state index in [0.717, 1.165) is 28.1 Å². The summed E-state index contributed by atoms with van der Waals surface area (Å²) < 4.78 is 7.93. The van der Waals surface area contributed by atoms with Crippen LogP contribution in [0.5, 0.6) is 0 Å². The van der Waals surface area contributed by atoms with Gasteiger partial charge in [0.1, 0.15) is 0 Å². The van der Waals surface area contributed by atoms with Gasteiger partial charge in [-0.05, 0) is 38.5 Å². The van der Waals surface area contributed by atoms with Gasteiger partial charge in [-0.3, -0.25) is 0 Å². The third kappa shape index (κ3) is 2.15. The van der Waals surface area contributed by atoms with Crippen molar-refractivity contribution in [3.63, 3.8) is 0 Å². The summed E-state index contributed by atoms with van der Waals surface area (Å²) in [5, 5.41) is 4.52. The van der Waals surface area contributed by atoms with E-state index >= 15 is 0 Å². The summed E-state index contributed by atoms with van der Waals surface area (Å²) in [5.41, 5.74) is 1.03. The summed E-state index contributed by atoms with van der Waals surface area (Å²) in [6, 6.07) is 6.17. The molecule has 18 heavy (non-hydrogen) atoms. The highest BCUT2D eigenvalue weighted by atomic mass is 79.9. The first-order valence-corrected chi connectivity index (χ1v) is 7.64. The molecule has 1 aliphatic heterocycles. The van der Waals surface area contributed by atoms with Gasteiger partial charge < -0.3 is 10.1 Å². The predicted molar refractivity (Wildman–Crippen MR) is 79.4 cm³/mol. The van der Waals surface area contributed by atoms with Crippen molar-refractivity contribution in [2.45, 2.75) is 31.9 Å². The number of aromatic nitrogens is 1. The highest BCUT2D eigenvalue weighted by Crippen LogP contribution is 2.34. The van der Waals surface area contributed by atoms with Crippen molar-refractivity contribution in [3.05, 3.63) is 22.7 Å². The van der Waals surface area contributed by atoms with Crippen LogP contribution < -0.4 is 5.32 Å². The number of nitrogens with one attached hydrogen (secondary N) is 1. The van der Waals surface area contributed by atoms with Crippen molar-refractivity contribution in [3.8, 4) is 0 Å². The molecule has 0 aliphatic carbocycles. The molecule has 1 saturated heterocycles. The normalized spacial score (nSPS) is 27.8. The lowest BCUT2D eigenvalue weighted by Gasteiger charge is -2.28. The van der Waals surface area contributed by atoms with Gasteiger partial charge in [-0.15, -0.1) is 0 Å². The number of anilines is 1. The third-order valence-electron chi connectivity index (χ3n) is 3.63. The number of hydrogen-bond donors (Lipinski definition) is 1. The number of ether oxygens (including phenoxy) is 1. The van der Waals surface area contributed by atoms with Gasteiger partial charge in [-0.2, -0.15) is 0 Å². The molecule has 2 atom stereocenters. The zero-order valence-corrected chi connectivity index (χ0v) is 12.8. The lowest BCUT2D eigenvalue weighted by atomic mass is 9.95. The van der Waals surface area contributed by atoms with Crippen molar-refractivity contribution in [1.82, 2.24) is 4.98 Å². The lowest BCUT2D eigenvalue weighted by Crippen LogP contribution is -2.41. The van der Waals surface area contributed by atoms with E-state index in [4.69, 9.17) is 4.74 Å². The third-order valence-corrected chi connectivity index (χ3v) is 5.06. The van der Waals surface area contributed by atoms with E-state index in [0.29, 0.717) is 0 Å². The molecule has 0 bridgehead atoms. The topological polar surface area (TPSA) is 34.1 Å². The van der Waals surface area contributed by atoms with E-state index in [1.54, 1.807) is 11.3 Å². The van der Waals surface area contributed by atoms with Crippen LogP contribution in [-0.4, -0.2) is 23.2 Å². The number of hydrogen-bond acceptors (Lipinski definition) is 4. The molecule has 1 N–H and O–H groups in total. The van der Waals surface area contributed by atoms with E-state index in [-0.39, 0.29) is 11.6 Å². The fourth-order valence-corrected chi connectivity index (χ4v) is 3.75. The van der Waals surface area contributed by atoms with Crippen LogP contribution in [-0.2, 0) is 4.74 Å². The highest BCUT2D eigenvalue weighted by Gasteiger charge is 2.37. The molecule has 2 unspecified atom stereocenters. The zero-order valence-electron chi connectivity index (χ0n) is 10.4. The Bertz CT molecular complexity index is 585. The molecule has 0 saturated carbocycles. The van der Waals surface area contributed by atoms with E-state index < -0.39 is 0 Å². The molecule has 0 spiro atoms. The molecular formula is C13H15BrN2OS. The van der Waals surface area contributed by atoms with Crippen LogP contribution in [0.1, 0.15) is 20.3 Å². The first-order valence-electron chi connectivity index (χ1n) is 6.03. The largest absolute Gasteiger partial charge is 0.376 e. The van der Waals surface area contributed by atoms with Crippen LogP contribution in [0.3, 0.4) is 0 Å². The summed E-state index contributed by atoms with van der Waals surface area (Å²) in [7, 11) is 0. The Hall–Kier alpha value is -0.650. The van der Waals surface area contributed by atoms with Crippen molar-refractivity contribution in [2.24, 2.45) is 0 Å². The average Bonchev–Trinajstić information content (AvgIpc) is 2.83. The summed E-state index contributed by atoms with van der Waals surface area (Å²) in [5.74, 6) is 0. The van der Waals surface area contributed by atoms with Gasteiger partial charge in [0.15, 0.2) is 5.13 Å². The fraction of sp³-hybridized carbons (Fsp3) is 0.462. The molecule has 3 nitrogen and oxygen atoms in total. The van der Waals surface area contributed by atoms with Crippen molar-refractivity contribution in [1.29, 1.82) is 0 Å². The zero-order chi connectivity index (χ0) is 12.8. The monoisotopic (exact) mass is 326 g/mol. The molecule has 1 aromatic carbocycles. The Morgan fingerprint density at radius 1 is 1.56 bits per heavy atom. The molecule has 96 valence electrons. The molecule has 5 heteroatoms. The van der Waals surface area contributed by atoms with Gasteiger partial charge in [0.05, 0.1) is 21.9 Å². The highest BCUT2D eigenvalue weighted by molar-refractivity contribution is 9.10. The van der Waals surface area contributed by atoms with Crippen molar-refractivity contribution in [2.75, 3.05) is 11.9 Å². The number of benzene rings is 1. The maximum absolute atomic E-state index is 5.64. The predicted octanol–water partition coefficient (Wildman–Crippen LogP) is 4.04. The minimum Gasteiger partial charge on any atom is -0.376 e. The molecule has 0 radical (unpaired) electrons. The summed E-state index contributed by atoms with van der Waals surface area (Å²) in [6.07, 6.45) is 1.24. The van der Waals surface area contributed by atoms with Gasteiger partial charge in [-0.25, -0.2) is 4.98 Å². The maximum Gasteiger partial charge on any atom is 0.184 e. The Balaban J connectivity index is 1.91. The van der Waals surface area contributed by atoms with E-state index in [2.05, 4.69) is 46.1 Å². The number of nitrogens with zero attached hydrogens (tertiary/aromatic N) is 1. The molecule has 1 aromatic heterocycles. The van der Waals surface area contributed by atoms with Crippen LogP contribution >= 0.6 is 27.3 Å². The van der Waals surface area contributed by atoms with Crippen molar-refractivity contribution < 1.29 is 4.74 Å². The first-order chi connectivity index (χ1) is 8.57. The van der Waals surface area contributed by atoms with Crippen LogP contribution in [0.4, 0.5) is 5.13 Å². The molecule has 1 fully saturated rings. The number of fused-ring (bicyclic) bond motifs is 1. The van der Waals surface area contributed by atoms with Gasteiger partial charge in [0.2, 0.25) is 0 Å². The van der Waals surface area contributed by atoms with E-state index in [1.165, 1.54) is 4.70 Å². The Morgan fingerprint density at radius 3 is 3.11 bits per heavy atom. The Kier molecular flexibility index (Phi) is 3.08. The smallest absolute Gasteiger partial charge is 0.184 e. The summed E-state index contributed by atoms with van der Waals surface area (Å²) >= 11 is 5.18. The molecule has 2 aromatic rings. The molecular weight excluding hydrogens is 312 g/mol. The molecule has 0 amide bonds. The van der Waals surface area contributed by atoms with Gasteiger partial charge >= 0.3 is 0 Å².